The first kappa shape index (κ1) is 12.0. The summed E-state index contributed by atoms with van der Waals surface area (Å²) in [5.41, 5.74) is 7.56. The molecular weight excluding hydrogens is 256 g/mol. The molecule has 0 saturated heterocycles. The number of carbonyl (C=O) groups excluding carboxylic acids is 1. The molecule has 3 nitrogen and oxygen atoms in total. The van der Waals surface area contributed by atoms with Gasteiger partial charge in [0, 0.05) is 12.1 Å². The molecular formula is C12H11ClN2OS. The van der Waals surface area contributed by atoms with Crippen molar-refractivity contribution in [1.82, 2.24) is 0 Å². The smallest absolute Gasteiger partial charge is 0.248 e. The van der Waals surface area contributed by atoms with Crippen LogP contribution in [0.4, 0.5) is 5.69 Å². The number of nitrogens with two attached hydrogens (primary N) is 1. The lowest BCUT2D eigenvalue weighted by molar-refractivity contribution is 0.100. The van der Waals surface area contributed by atoms with E-state index in [4.69, 9.17) is 17.3 Å². The van der Waals surface area contributed by atoms with E-state index in [9.17, 15) is 4.79 Å². The molecule has 0 bridgehead atoms. The van der Waals surface area contributed by atoms with Gasteiger partial charge in [-0.15, -0.1) is 0 Å². The molecule has 0 spiro atoms. The van der Waals surface area contributed by atoms with Crippen molar-refractivity contribution in [3.8, 4) is 0 Å². The lowest BCUT2D eigenvalue weighted by Crippen LogP contribution is -2.11. The van der Waals surface area contributed by atoms with E-state index in [1.807, 2.05) is 11.4 Å². The van der Waals surface area contributed by atoms with Crippen LogP contribution < -0.4 is 11.1 Å². The average molecular weight is 267 g/mol. The topological polar surface area (TPSA) is 55.1 Å². The molecule has 1 aromatic heterocycles. The molecule has 1 aromatic carbocycles. The first-order chi connectivity index (χ1) is 8.16. The maximum absolute atomic E-state index is 11.1. The molecule has 1 amide bonds. The highest BCUT2D eigenvalue weighted by molar-refractivity contribution is 7.07. The lowest BCUT2D eigenvalue weighted by atomic mass is 10.2. The fraction of sp³-hybridized carbons (Fsp3) is 0.0833. The van der Waals surface area contributed by atoms with Crippen molar-refractivity contribution in [3.05, 3.63) is 51.2 Å². The number of anilines is 1. The number of halogens is 1. The van der Waals surface area contributed by atoms with Crippen LogP contribution in [0.1, 0.15) is 15.9 Å². The lowest BCUT2D eigenvalue weighted by Gasteiger charge is -2.08. The summed E-state index contributed by atoms with van der Waals surface area (Å²) in [6.45, 7) is 0.672. The van der Waals surface area contributed by atoms with Crippen molar-refractivity contribution in [3.63, 3.8) is 0 Å². The zero-order valence-corrected chi connectivity index (χ0v) is 10.5. The zero-order chi connectivity index (χ0) is 12.3. The number of nitrogens with one attached hydrogen (secondary N) is 1. The van der Waals surface area contributed by atoms with E-state index in [2.05, 4.69) is 10.7 Å². The minimum Gasteiger partial charge on any atom is -0.380 e. The minimum atomic E-state index is -0.458. The third-order valence-electron chi connectivity index (χ3n) is 2.31. The predicted molar refractivity (Wildman–Crippen MR) is 71.6 cm³/mol. The fourth-order valence-corrected chi connectivity index (χ4v) is 2.26. The number of amides is 1. The maximum atomic E-state index is 11.1. The van der Waals surface area contributed by atoms with Crippen molar-refractivity contribution >= 4 is 34.5 Å². The standard InChI is InChI=1S/C12H11ClN2OS/c13-10-2-1-9(12(14)16)5-11(10)15-6-8-3-4-17-7-8/h1-5,7,15H,6H2,(H2,14,16). The van der Waals surface area contributed by atoms with Crippen LogP contribution in [0.2, 0.25) is 5.02 Å². The Morgan fingerprint density at radius 1 is 1.41 bits per heavy atom. The number of thiophene rings is 1. The van der Waals surface area contributed by atoms with Gasteiger partial charge in [0.15, 0.2) is 0 Å². The van der Waals surface area contributed by atoms with Crippen LogP contribution >= 0.6 is 22.9 Å². The molecule has 2 rings (SSSR count). The van der Waals surface area contributed by atoms with Crippen LogP contribution in [0.25, 0.3) is 0 Å². The van der Waals surface area contributed by atoms with E-state index in [1.165, 1.54) is 5.56 Å². The van der Waals surface area contributed by atoms with Gasteiger partial charge >= 0.3 is 0 Å². The second kappa shape index (κ2) is 5.21. The molecule has 0 radical (unpaired) electrons. The monoisotopic (exact) mass is 266 g/mol. The van der Waals surface area contributed by atoms with Crippen molar-refractivity contribution in [1.29, 1.82) is 0 Å². The van der Waals surface area contributed by atoms with E-state index in [-0.39, 0.29) is 0 Å². The van der Waals surface area contributed by atoms with Gasteiger partial charge < -0.3 is 11.1 Å². The Morgan fingerprint density at radius 2 is 2.24 bits per heavy atom. The Bertz CT molecular complexity index is 525. The number of primary amides is 1. The molecule has 0 atom stereocenters. The second-order valence-corrected chi connectivity index (χ2v) is 4.73. The Balaban J connectivity index is 2.14. The van der Waals surface area contributed by atoms with E-state index < -0.39 is 5.91 Å². The molecule has 17 heavy (non-hydrogen) atoms. The summed E-state index contributed by atoms with van der Waals surface area (Å²) in [5.74, 6) is -0.458. The number of rotatable bonds is 4. The highest BCUT2D eigenvalue weighted by Gasteiger charge is 2.05. The van der Waals surface area contributed by atoms with E-state index in [1.54, 1.807) is 29.5 Å². The van der Waals surface area contributed by atoms with Gasteiger partial charge in [-0.05, 0) is 40.6 Å². The van der Waals surface area contributed by atoms with Crippen molar-refractivity contribution in [2.45, 2.75) is 6.54 Å². The van der Waals surface area contributed by atoms with Crippen LogP contribution in [0.15, 0.2) is 35.0 Å². The normalized spacial score (nSPS) is 10.2. The molecule has 88 valence electrons. The molecule has 0 saturated carbocycles. The fourth-order valence-electron chi connectivity index (χ4n) is 1.40. The van der Waals surface area contributed by atoms with Crippen LogP contribution in [0.3, 0.4) is 0 Å². The Morgan fingerprint density at radius 3 is 2.88 bits per heavy atom. The molecule has 0 aliphatic heterocycles. The van der Waals surface area contributed by atoms with Gasteiger partial charge in [-0.25, -0.2) is 0 Å². The summed E-state index contributed by atoms with van der Waals surface area (Å²) >= 11 is 7.67. The van der Waals surface area contributed by atoms with Gasteiger partial charge in [0.1, 0.15) is 0 Å². The summed E-state index contributed by atoms with van der Waals surface area (Å²) in [7, 11) is 0. The summed E-state index contributed by atoms with van der Waals surface area (Å²) in [5, 5.41) is 7.82. The van der Waals surface area contributed by atoms with E-state index in [0.717, 1.165) is 0 Å². The van der Waals surface area contributed by atoms with E-state index >= 15 is 0 Å². The van der Waals surface area contributed by atoms with Crippen LogP contribution in [-0.4, -0.2) is 5.91 Å². The quantitative estimate of drug-likeness (QED) is 0.893. The summed E-state index contributed by atoms with van der Waals surface area (Å²) in [6.07, 6.45) is 0. The average Bonchev–Trinajstić information content (AvgIpc) is 2.80. The molecule has 0 aliphatic carbocycles. The Hall–Kier alpha value is -1.52. The number of hydrogen-bond acceptors (Lipinski definition) is 3. The highest BCUT2D eigenvalue weighted by Crippen LogP contribution is 2.23. The van der Waals surface area contributed by atoms with Crippen LogP contribution in [0.5, 0.6) is 0 Å². The minimum absolute atomic E-state index is 0.446. The highest BCUT2D eigenvalue weighted by atomic mass is 35.5. The molecule has 3 N–H and O–H groups in total. The number of hydrogen-bond donors (Lipinski definition) is 2. The number of carbonyl (C=O) groups is 1. The molecule has 0 unspecified atom stereocenters. The van der Waals surface area contributed by atoms with Gasteiger partial charge in [0.05, 0.1) is 10.7 Å². The number of benzene rings is 1. The maximum Gasteiger partial charge on any atom is 0.248 e. The van der Waals surface area contributed by atoms with Gasteiger partial charge in [-0.1, -0.05) is 11.6 Å². The van der Waals surface area contributed by atoms with Gasteiger partial charge in [0.25, 0.3) is 0 Å². The first-order valence-electron chi connectivity index (χ1n) is 5.01. The third kappa shape index (κ3) is 2.99. The molecule has 0 fully saturated rings. The van der Waals surface area contributed by atoms with Crippen molar-refractivity contribution in [2.24, 2.45) is 5.73 Å². The second-order valence-electron chi connectivity index (χ2n) is 3.54. The summed E-state index contributed by atoms with van der Waals surface area (Å²) < 4.78 is 0. The SMILES string of the molecule is NC(=O)c1ccc(Cl)c(NCc2ccsc2)c1. The van der Waals surface area contributed by atoms with Crippen molar-refractivity contribution < 1.29 is 4.79 Å². The Kier molecular flexibility index (Phi) is 3.66. The third-order valence-corrected chi connectivity index (χ3v) is 3.38. The molecule has 5 heteroatoms. The molecule has 2 aromatic rings. The predicted octanol–water partition coefficient (Wildman–Crippen LogP) is 3.11. The van der Waals surface area contributed by atoms with Gasteiger partial charge in [0.2, 0.25) is 5.91 Å². The largest absolute Gasteiger partial charge is 0.380 e. The van der Waals surface area contributed by atoms with Crippen LogP contribution in [-0.2, 0) is 6.54 Å². The Labute approximate surface area is 108 Å². The summed E-state index contributed by atoms with van der Waals surface area (Å²) in [6, 6.07) is 6.97. The zero-order valence-electron chi connectivity index (χ0n) is 8.94. The van der Waals surface area contributed by atoms with Crippen molar-refractivity contribution in [2.75, 3.05) is 5.32 Å². The van der Waals surface area contributed by atoms with Gasteiger partial charge in [-0.3, -0.25) is 4.79 Å². The van der Waals surface area contributed by atoms with Crippen LogP contribution in [0, 0.1) is 0 Å². The first-order valence-corrected chi connectivity index (χ1v) is 6.33. The molecule has 0 aliphatic rings. The van der Waals surface area contributed by atoms with E-state index in [0.29, 0.717) is 22.8 Å². The van der Waals surface area contributed by atoms with Gasteiger partial charge in [-0.2, -0.15) is 11.3 Å². The molecule has 1 heterocycles. The summed E-state index contributed by atoms with van der Waals surface area (Å²) in [4.78, 5) is 11.1.